The van der Waals surface area contributed by atoms with E-state index in [1.807, 2.05) is 19.1 Å². The van der Waals surface area contributed by atoms with Gasteiger partial charge in [-0.3, -0.25) is 5.32 Å². The van der Waals surface area contributed by atoms with Crippen LogP contribution in [0.25, 0.3) is 0 Å². The summed E-state index contributed by atoms with van der Waals surface area (Å²) in [6.45, 7) is 2.87. The summed E-state index contributed by atoms with van der Waals surface area (Å²) in [6, 6.07) is 5.26. The van der Waals surface area contributed by atoms with Gasteiger partial charge < -0.3 is 10.0 Å². The summed E-state index contributed by atoms with van der Waals surface area (Å²) in [5, 5.41) is 12.0. The highest BCUT2D eigenvalue weighted by atomic mass is 16.3. The van der Waals surface area contributed by atoms with Crippen molar-refractivity contribution >= 4 is 11.8 Å². The summed E-state index contributed by atoms with van der Waals surface area (Å²) in [5.41, 5.74) is 0.860. The van der Waals surface area contributed by atoms with Crippen LogP contribution in [-0.4, -0.2) is 40.2 Å². The van der Waals surface area contributed by atoms with Crippen LogP contribution < -0.4 is 5.32 Å². The fourth-order valence-electron chi connectivity index (χ4n) is 1.73. The Labute approximate surface area is 94.1 Å². The number of hydrogen-bond acceptors (Lipinski definition) is 3. The Morgan fingerprint density at radius 1 is 1.62 bits per heavy atom. The average Bonchev–Trinajstić information content (AvgIpc) is 2.65. The highest BCUT2D eigenvalue weighted by molar-refractivity contribution is 5.88. The number of pyridine rings is 1. The molecule has 1 fully saturated rings. The van der Waals surface area contributed by atoms with Gasteiger partial charge in [0.1, 0.15) is 5.82 Å². The minimum atomic E-state index is -0.392. The second-order valence-corrected chi connectivity index (χ2v) is 3.98. The van der Waals surface area contributed by atoms with Crippen LogP contribution in [0.2, 0.25) is 0 Å². The summed E-state index contributed by atoms with van der Waals surface area (Å²) in [4.78, 5) is 17.5. The number of likely N-dealkylation sites (tertiary alicyclic amines) is 1. The molecule has 0 radical (unpaired) electrons. The number of rotatable bonds is 1. The largest absolute Gasteiger partial charge is 0.391 e. The normalized spacial score (nSPS) is 19.9. The fourth-order valence-corrected chi connectivity index (χ4v) is 1.73. The topological polar surface area (TPSA) is 65.5 Å². The lowest BCUT2D eigenvalue weighted by molar-refractivity contribution is 0.176. The number of aliphatic hydroxyl groups is 1. The highest BCUT2D eigenvalue weighted by Gasteiger charge is 2.24. The maximum absolute atomic E-state index is 11.7. The minimum absolute atomic E-state index is 0.199. The number of urea groups is 1. The number of aryl methyl sites for hydroxylation is 1. The molecule has 2 N–H and O–H groups in total. The molecule has 0 saturated carbocycles. The van der Waals surface area contributed by atoms with Crippen molar-refractivity contribution < 1.29 is 9.90 Å². The van der Waals surface area contributed by atoms with Gasteiger partial charge in [0.05, 0.1) is 6.10 Å². The van der Waals surface area contributed by atoms with Crippen LogP contribution in [0.4, 0.5) is 10.6 Å². The van der Waals surface area contributed by atoms with Gasteiger partial charge >= 0.3 is 6.03 Å². The van der Waals surface area contributed by atoms with Crippen LogP contribution >= 0.6 is 0 Å². The number of amides is 2. The zero-order valence-electron chi connectivity index (χ0n) is 9.18. The molecule has 0 aliphatic carbocycles. The number of nitrogens with one attached hydrogen (secondary N) is 1. The molecule has 2 heterocycles. The van der Waals surface area contributed by atoms with Gasteiger partial charge in [-0.15, -0.1) is 0 Å². The van der Waals surface area contributed by atoms with Crippen LogP contribution in [0, 0.1) is 6.92 Å². The van der Waals surface area contributed by atoms with Crippen molar-refractivity contribution in [2.45, 2.75) is 19.4 Å². The van der Waals surface area contributed by atoms with Crippen LogP contribution in [0.15, 0.2) is 18.2 Å². The number of anilines is 1. The standard InChI is InChI=1S/C11H15N3O2/c1-8-3-2-4-10(12-8)13-11(16)14-6-5-9(15)7-14/h2-4,9,15H,5-7H2,1H3,(H,12,13,16). The third-order valence-electron chi connectivity index (χ3n) is 2.57. The minimum Gasteiger partial charge on any atom is -0.391 e. The Balaban J connectivity index is 1.97. The molecule has 1 aromatic heterocycles. The van der Waals surface area contributed by atoms with Crippen LogP contribution in [0.3, 0.4) is 0 Å². The number of β-amino-alcohol motifs (C(OH)–C–C–N with tert-alkyl or cyclic N) is 1. The average molecular weight is 221 g/mol. The fraction of sp³-hybridized carbons (Fsp3) is 0.455. The van der Waals surface area contributed by atoms with Crippen molar-refractivity contribution in [3.63, 3.8) is 0 Å². The lowest BCUT2D eigenvalue weighted by atomic mass is 10.3. The maximum atomic E-state index is 11.7. The first kappa shape index (κ1) is 10.9. The van der Waals surface area contributed by atoms with Gasteiger partial charge in [0.15, 0.2) is 0 Å². The summed E-state index contributed by atoms with van der Waals surface area (Å²) < 4.78 is 0. The molecule has 1 atom stereocenters. The van der Waals surface area contributed by atoms with E-state index in [2.05, 4.69) is 10.3 Å². The van der Waals surface area contributed by atoms with Gasteiger partial charge in [0.25, 0.3) is 0 Å². The van der Waals surface area contributed by atoms with Crippen molar-refractivity contribution in [2.75, 3.05) is 18.4 Å². The Bertz CT molecular complexity index is 395. The second-order valence-electron chi connectivity index (χ2n) is 3.98. The van der Waals surface area contributed by atoms with Gasteiger partial charge in [0, 0.05) is 18.8 Å². The van der Waals surface area contributed by atoms with E-state index >= 15 is 0 Å². The van der Waals surface area contributed by atoms with Crippen molar-refractivity contribution in [2.24, 2.45) is 0 Å². The predicted octanol–water partition coefficient (Wildman–Crippen LogP) is 0.989. The summed E-state index contributed by atoms with van der Waals surface area (Å²) in [7, 11) is 0. The molecule has 5 nitrogen and oxygen atoms in total. The molecule has 5 heteroatoms. The van der Waals surface area contributed by atoms with Crippen molar-refractivity contribution in [1.82, 2.24) is 9.88 Å². The highest BCUT2D eigenvalue weighted by Crippen LogP contribution is 2.11. The molecule has 1 aliphatic heterocycles. The zero-order valence-corrected chi connectivity index (χ0v) is 9.18. The molecule has 0 spiro atoms. The Morgan fingerprint density at radius 3 is 3.06 bits per heavy atom. The lowest BCUT2D eigenvalue weighted by Gasteiger charge is -2.15. The number of hydrogen-bond donors (Lipinski definition) is 2. The Morgan fingerprint density at radius 2 is 2.44 bits per heavy atom. The van der Waals surface area contributed by atoms with Gasteiger partial charge in [-0.25, -0.2) is 9.78 Å². The number of carbonyl (C=O) groups excluding carboxylic acids is 1. The molecule has 1 saturated heterocycles. The van der Waals surface area contributed by atoms with E-state index in [-0.39, 0.29) is 6.03 Å². The number of aromatic nitrogens is 1. The van der Waals surface area contributed by atoms with Crippen molar-refractivity contribution in [3.05, 3.63) is 23.9 Å². The SMILES string of the molecule is Cc1cccc(NC(=O)N2CCC(O)C2)n1. The van der Waals surface area contributed by atoms with Crippen molar-refractivity contribution in [1.29, 1.82) is 0 Å². The van der Waals surface area contributed by atoms with Gasteiger partial charge in [-0.1, -0.05) is 6.07 Å². The van der Waals surface area contributed by atoms with E-state index in [4.69, 9.17) is 0 Å². The monoisotopic (exact) mass is 221 g/mol. The molecule has 0 bridgehead atoms. The molecular formula is C11H15N3O2. The molecule has 0 aromatic carbocycles. The van der Waals surface area contributed by atoms with Crippen LogP contribution in [-0.2, 0) is 0 Å². The summed E-state index contributed by atoms with van der Waals surface area (Å²) in [5.74, 6) is 0.548. The van der Waals surface area contributed by atoms with E-state index in [1.165, 1.54) is 0 Å². The molecular weight excluding hydrogens is 206 g/mol. The van der Waals surface area contributed by atoms with E-state index in [1.54, 1.807) is 11.0 Å². The van der Waals surface area contributed by atoms with E-state index in [9.17, 15) is 9.90 Å². The number of aliphatic hydroxyl groups excluding tert-OH is 1. The van der Waals surface area contributed by atoms with Gasteiger partial charge in [0.2, 0.25) is 0 Å². The van der Waals surface area contributed by atoms with Crippen molar-refractivity contribution in [3.8, 4) is 0 Å². The van der Waals surface area contributed by atoms with Gasteiger partial charge in [-0.05, 0) is 25.5 Å². The first-order valence-electron chi connectivity index (χ1n) is 5.33. The molecule has 1 aliphatic rings. The second kappa shape index (κ2) is 4.49. The van der Waals surface area contributed by atoms with Gasteiger partial charge in [-0.2, -0.15) is 0 Å². The first-order valence-corrected chi connectivity index (χ1v) is 5.33. The molecule has 2 rings (SSSR count). The van der Waals surface area contributed by atoms with E-state index in [0.717, 1.165) is 5.69 Å². The van der Waals surface area contributed by atoms with E-state index in [0.29, 0.717) is 25.3 Å². The number of nitrogens with zero attached hydrogens (tertiary/aromatic N) is 2. The Kier molecular flexibility index (Phi) is 3.05. The Hall–Kier alpha value is -1.62. The summed E-state index contributed by atoms with van der Waals surface area (Å²) >= 11 is 0. The summed E-state index contributed by atoms with van der Waals surface area (Å²) in [6.07, 6.45) is 0.255. The predicted molar refractivity (Wildman–Crippen MR) is 60.2 cm³/mol. The first-order chi connectivity index (χ1) is 7.65. The molecule has 16 heavy (non-hydrogen) atoms. The van der Waals surface area contributed by atoms with E-state index < -0.39 is 6.10 Å². The maximum Gasteiger partial charge on any atom is 0.323 e. The lowest BCUT2D eigenvalue weighted by Crippen LogP contribution is -2.33. The van der Waals surface area contributed by atoms with Crippen LogP contribution in [0.5, 0.6) is 0 Å². The molecule has 1 unspecified atom stereocenters. The van der Waals surface area contributed by atoms with Crippen LogP contribution in [0.1, 0.15) is 12.1 Å². The third-order valence-corrected chi connectivity index (χ3v) is 2.57. The smallest absolute Gasteiger partial charge is 0.323 e. The zero-order chi connectivity index (χ0) is 11.5. The molecule has 2 amide bonds. The molecule has 1 aromatic rings. The molecule has 86 valence electrons. The third kappa shape index (κ3) is 2.49. The number of carbonyl (C=O) groups is 1. The quantitative estimate of drug-likeness (QED) is 0.743.